The molecule has 0 aliphatic carbocycles. The molecule has 0 spiro atoms. The topological polar surface area (TPSA) is 18.5 Å². The normalized spacial score (nSPS) is 14.0. The van der Waals surface area contributed by atoms with Crippen LogP contribution in [0.25, 0.3) is 0 Å². The Bertz CT molecular complexity index is 454. The molecule has 0 fully saturated rings. The van der Waals surface area contributed by atoms with Crippen molar-refractivity contribution in [2.45, 2.75) is 56.9 Å². The highest BCUT2D eigenvalue weighted by Crippen LogP contribution is 2.26. The van der Waals surface area contributed by atoms with Crippen LogP contribution in [0.15, 0.2) is 6.07 Å². The Kier molecular flexibility index (Phi) is 11.2. The van der Waals surface area contributed by atoms with Crippen LogP contribution in [0.4, 0.5) is 0 Å². The first-order valence-electron chi connectivity index (χ1n) is 7.62. The molecule has 1 aromatic rings. The third-order valence-corrected chi connectivity index (χ3v) is 6.14. The van der Waals surface area contributed by atoms with Crippen molar-refractivity contribution < 1.29 is 9.47 Å². The monoisotopic (exact) mass is 576 g/mol. The van der Waals surface area contributed by atoms with Gasteiger partial charge in [-0.2, -0.15) is 0 Å². The maximum atomic E-state index is 5.92. The highest BCUT2D eigenvalue weighted by molar-refractivity contribution is 9.10. The Morgan fingerprint density at radius 1 is 0.826 bits per heavy atom. The minimum Gasteiger partial charge on any atom is -0.362 e. The summed E-state index contributed by atoms with van der Waals surface area (Å²) in [7, 11) is 0. The fourth-order valence-electron chi connectivity index (χ4n) is 2.40. The highest BCUT2D eigenvalue weighted by Gasteiger charge is 2.14. The van der Waals surface area contributed by atoms with Crippen LogP contribution in [-0.2, 0) is 22.7 Å². The van der Waals surface area contributed by atoms with E-state index in [0.717, 1.165) is 23.5 Å². The third kappa shape index (κ3) is 7.45. The zero-order valence-corrected chi connectivity index (χ0v) is 20.1. The summed E-state index contributed by atoms with van der Waals surface area (Å²) in [6.07, 6.45) is 1.88. The first kappa shape index (κ1) is 22.1. The van der Waals surface area contributed by atoms with Crippen LogP contribution in [0.5, 0.6) is 0 Å². The molecule has 0 saturated carbocycles. The minimum absolute atomic E-state index is 0.0764. The summed E-state index contributed by atoms with van der Waals surface area (Å²) in [5.41, 5.74) is 6.36. The lowest BCUT2D eigenvalue weighted by Crippen LogP contribution is -2.11. The second-order valence-corrected chi connectivity index (χ2v) is 9.12. The van der Waals surface area contributed by atoms with Crippen molar-refractivity contribution in [1.82, 2.24) is 0 Å². The molecule has 0 N–H and O–H groups in total. The van der Waals surface area contributed by atoms with Crippen molar-refractivity contribution in [2.75, 3.05) is 10.7 Å². The van der Waals surface area contributed by atoms with Gasteiger partial charge in [0, 0.05) is 10.7 Å². The summed E-state index contributed by atoms with van der Waals surface area (Å²) >= 11 is 14.0. The number of hydrogen-bond donors (Lipinski definition) is 0. The van der Waals surface area contributed by atoms with E-state index in [1.54, 1.807) is 0 Å². The SMILES string of the molecule is Cc1cc(C)c(COC(Br)CCBr)c(C)c1COC(Br)CCBr. The summed E-state index contributed by atoms with van der Waals surface area (Å²) in [6, 6.07) is 2.23. The summed E-state index contributed by atoms with van der Waals surface area (Å²) in [5, 5.41) is 2.00. The van der Waals surface area contributed by atoms with Crippen LogP contribution >= 0.6 is 63.7 Å². The molecule has 2 atom stereocenters. The van der Waals surface area contributed by atoms with E-state index in [0.29, 0.717) is 13.2 Å². The Labute approximate surface area is 173 Å². The van der Waals surface area contributed by atoms with Crippen molar-refractivity contribution in [3.63, 3.8) is 0 Å². The van der Waals surface area contributed by atoms with Gasteiger partial charge in [-0.15, -0.1) is 0 Å². The van der Waals surface area contributed by atoms with Crippen molar-refractivity contribution in [2.24, 2.45) is 0 Å². The molecule has 23 heavy (non-hydrogen) atoms. The lowest BCUT2D eigenvalue weighted by molar-refractivity contribution is 0.0973. The molecule has 0 radical (unpaired) electrons. The van der Waals surface area contributed by atoms with Gasteiger partial charge in [0.15, 0.2) is 0 Å². The largest absolute Gasteiger partial charge is 0.362 e. The molecule has 6 heteroatoms. The fourth-order valence-corrected chi connectivity index (χ4v) is 5.19. The number of rotatable bonds is 10. The summed E-state index contributed by atoms with van der Waals surface area (Å²) in [6.45, 7) is 7.70. The zero-order valence-electron chi connectivity index (χ0n) is 13.8. The Hall–Kier alpha value is 1.06. The van der Waals surface area contributed by atoms with Gasteiger partial charge in [0.05, 0.1) is 13.2 Å². The van der Waals surface area contributed by atoms with Crippen LogP contribution in [0.3, 0.4) is 0 Å². The van der Waals surface area contributed by atoms with E-state index in [-0.39, 0.29) is 10.0 Å². The minimum atomic E-state index is 0.0764. The van der Waals surface area contributed by atoms with Gasteiger partial charge in [-0.3, -0.25) is 0 Å². The van der Waals surface area contributed by atoms with Crippen LogP contribution in [0.1, 0.15) is 40.7 Å². The van der Waals surface area contributed by atoms with E-state index in [2.05, 4.69) is 90.6 Å². The van der Waals surface area contributed by atoms with Crippen molar-refractivity contribution >= 4 is 63.7 Å². The molecule has 132 valence electrons. The van der Waals surface area contributed by atoms with Crippen LogP contribution in [-0.4, -0.2) is 20.7 Å². The molecule has 2 unspecified atom stereocenters. The summed E-state index contributed by atoms with van der Waals surface area (Å²) in [5.74, 6) is 0. The van der Waals surface area contributed by atoms with Crippen molar-refractivity contribution in [1.29, 1.82) is 0 Å². The lowest BCUT2D eigenvalue weighted by Gasteiger charge is -2.20. The molecule has 1 rings (SSSR count). The fraction of sp³-hybridized carbons (Fsp3) is 0.647. The van der Waals surface area contributed by atoms with Crippen LogP contribution in [0, 0.1) is 20.8 Å². The average molecular weight is 580 g/mol. The number of alkyl halides is 4. The second-order valence-electron chi connectivity index (χ2n) is 5.49. The van der Waals surface area contributed by atoms with E-state index in [1.807, 2.05) is 0 Å². The summed E-state index contributed by atoms with van der Waals surface area (Å²) in [4.78, 5) is 0. The molecule has 2 nitrogen and oxygen atoms in total. The molecule has 0 heterocycles. The number of aryl methyl sites for hydroxylation is 2. The number of halogens is 4. The quantitative estimate of drug-likeness (QED) is 0.289. The maximum absolute atomic E-state index is 5.92. The standard InChI is InChI=1S/C17H24Br4O2/c1-11-8-12(2)15(10-23-17(21)5-7-19)13(3)14(11)9-22-16(20)4-6-18/h8,16-17H,4-7,9-10H2,1-3H3. The molecule has 0 aromatic heterocycles. The molecule has 0 saturated heterocycles. The lowest BCUT2D eigenvalue weighted by atomic mass is 9.94. The van der Waals surface area contributed by atoms with E-state index in [1.165, 1.54) is 27.8 Å². The Balaban J connectivity index is 2.85. The molecular formula is C17H24Br4O2. The van der Waals surface area contributed by atoms with E-state index in [9.17, 15) is 0 Å². The highest BCUT2D eigenvalue weighted by atomic mass is 79.9. The second kappa shape index (κ2) is 11.6. The predicted octanol–water partition coefficient (Wildman–Crippen LogP) is 6.66. The van der Waals surface area contributed by atoms with Gasteiger partial charge in [-0.05, 0) is 61.4 Å². The maximum Gasteiger partial charge on any atom is 0.113 e. The molecule has 0 amide bonds. The summed E-state index contributed by atoms with van der Waals surface area (Å²) < 4.78 is 11.8. The molecule has 1 aromatic carbocycles. The van der Waals surface area contributed by atoms with Crippen molar-refractivity contribution in [3.8, 4) is 0 Å². The van der Waals surface area contributed by atoms with Gasteiger partial charge in [0.25, 0.3) is 0 Å². The zero-order chi connectivity index (χ0) is 17.4. The number of ether oxygens (including phenoxy) is 2. The smallest absolute Gasteiger partial charge is 0.113 e. The van der Waals surface area contributed by atoms with E-state index >= 15 is 0 Å². The molecule has 0 aliphatic rings. The number of hydrogen-bond acceptors (Lipinski definition) is 2. The first-order chi connectivity index (χ1) is 10.9. The average Bonchev–Trinajstić information content (AvgIpc) is 2.47. The van der Waals surface area contributed by atoms with Gasteiger partial charge in [0.2, 0.25) is 0 Å². The van der Waals surface area contributed by atoms with Crippen molar-refractivity contribution in [3.05, 3.63) is 33.9 Å². The Morgan fingerprint density at radius 3 is 1.57 bits per heavy atom. The van der Waals surface area contributed by atoms with Gasteiger partial charge in [-0.1, -0.05) is 69.8 Å². The third-order valence-electron chi connectivity index (χ3n) is 3.78. The van der Waals surface area contributed by atoms with Gasteiger partial charge in [-0.25, -0.2) is 0 Å². The van der Waals surface area contributed by atoms with Crippen LogP contribution < -0.4 is 0 Å². The van der Waals surface area contributed by atoms with Gasteiger partial charge in [0.1, 0.15) is 10.0 Å². The Morgan fingerprint density at radius 2 is 1.22 bits per heavy atom. The molecule has 0 aliphatic heterocycles. The van der Waals surface area contributed by atoms with E-state index in [4.69, 9.17) is 9.47 Å². The molecular weight excluding hydrogens is 556 g/mol. The van der Waals surface area contributed by atoms with E-state index < -0.39 is 0 Å². The van der Waals surface area contributed by atoms with Gasteiger partial charge >= 0.3 is 0 Å². The number of benzene rings is 1. The first-order valence-corrected chi connectivity index (χ1v) is 11.7. The van der Waals surface area contributed by atoms with Crippen LogP contribution in [0.2, 0.25) is 0 Å². The van der Waals surface area contributed by atoms with Gasteiger partial charge < -0.3 is 9.47 Å². The predicted molar refractivity (Wildman–Crippen MR) is 112 cm³/mol. The molecule has 0 bridgehead atoms.